The molecular weight excluding hydrogens is 401 g/mol. The highest BCUT2D eigenvalue weighted by Gasteiger charge is 2.25. The van der Waals surface area contributed by atoms with Crippen molar-refractivity contribution < 1.29 is 29.0 Å². The number of nitrogens with zero attached hydrogens (tertiary/aromatic N) is 1. The van der Waals surface area contributed by atoms with Gasteiger partial charge in [0, 0.05) is 36.7 Å². The highest BCUT2D eigenvalue weighted by Crippen LogP contribution is 2.23. The summed E-state index contributed by atoms with van der Waals surface area (Å²) in [5, 5.41) is 15.6. The van der Waals surface area contributed by atoms with E-state index in [4.69, 9.17) is 10.2 Å². The van der Waals surface area contributed by atoms with Gasteiger partial charge in [-0.15, -0.1) is 0 Å². The third-order valence-electron chi connectivity index (χ3n) is 4.93. The molecule has 3 rings (SSSR count). The maximum Gasteiger partial charge on any atom is 0.328 e. The Labute approximate surface area is 180 Å². The van der Waals surface area contributed by atoms with E-state index >= 15 is 0 Å². The number of ketones is 1. The molecule has 164 valence electrons. The maximum absolute atomic E-state index is 13.0. The second kappa shape index (κ2) is 12.4. The molecule has 1 aliphatic heterocycles. The van der Waals surface area contributed by atoms with Gasteiger partial charge in [-0.1, -0.05) is 36.8 Å². The molecule has 1 atom stereocenters. The highest BCUT2D eigenvalue weighted by molar-refractivity contribution is 5.96. The fraction of sp³-hybridized carbons (Fsp3) is 0.292. The van der Waals surface area contributed by atoms with E-state index in [-0.39, 0.29) is 17.6 Å². The minimum atomic E-state index is -1.26. The Morgan fingerprint density at radius 2 is 1.55 bits per heavy atom. The number of likely N-dealkylation sites (tertiary alicyclic amines) is 1. The van der Waals surface area contributed by atoms with Crippen molar-refractivity contribution in [3.8, 4) is 0 Å². The van der Waals surface area contributed by atoms with Crippen molar-refractivity contribution in [3.05, 3.63) is 83.7 Å². The summed E-state index contributed by atoms with van der Waals surface area (Å²) in [6, 6.07) is 16.6. The van der Waals surface area contributed by atoms with Crippen molar-refractivity contribution in [2.75, 3.05) is 6.54 Å². The summed E-state index contributed by atoms with van der Waals surface area (Å²) in [6.45, 7) is 1.93. The number of carbonyl (C=O) groups excluding carboxylic acids is 1. The molecule has 0 spiro atoms. The molecule has 0 bridgehead atoms. The van der Waals surface area contributed by atoms with Gasteiger partial charge in [0.25, 0.3) is 0 Å². The molecule has 31 heavy (non-hydrogen) atoms. The zero-order chi connectivity index (χ0) is 22.6. The number of benzene rings is 2. The zero-order valence-electron chi connectivity index (χ0n) is 17.1. The van der Waals surface area contributed by atoms with Gasteiger partial charge in [-0.25, -0.2) is 14.0 Å². The molecule has 1 unspecified atom stereocenters. The Kier molecular flexibility index (Phi) is 9.58. The average molecular weight is 427 g/mol. The quantitative estimate of drug-likeness (QED) is 0.509. The van der Waals surface area contributed by atoms with Crippen molar-refractivity contribution in [2.24, 2.45) is 0 Å². The van der Waals surface area contributed by atoms with E-state index in [1.165, 1.54) is 30.5 Å². The molecule has 2 N–H and O–H groups in total. The number of hydrogen-bond donors (Lipinski definition) is 2. The molecule has 0 radical (unpaired) electrons. The third kappa shape index (κ3) is 8.92. The fourth-order valence-corrected chi connectivity index (χ4v) is 3.43. The zero-order valence-corrected chi connectivity index (χ0v) is 17.1. The Morgan fingerprint density at radius 1 is 0.935 bits per heavy atom. The van der Waals surface area contributed by atoms with E-state index in [2.05, 4.69) is 29.2 Å². The summed E-state index contributed by atoms with van der Waals surface area (Å²) in [7, 11) is 0. The van der Waals surface area contributed by atoms with Gasteiger partial charge in [-0.3, -0.25) is 9.69 Å². The summed E-state index contributed by atoms with van der Waals surface area (Å²) in [6.07, 6.45) is 5.05. The lowest BCUT2D eigenvalue weighted by Crippen LogP contribution is -2.40. The van der Waals surface area contributed by atoms with Crippen LogP contribution in [0.25, 0.3) is 0 Å². The number of aliphatic carboxylic acids is 2. The van der Waals surface area contributed by atoms with Crippen molar-refractivity contribution in [1.82, 2.24) is 4.90 Å². The van der Waals surface area contributed by atoms with Gasteiger partial charge < -0.3 is 10.2 Å². The molecule has 0 aliphatic carbocycles. The van der Waals surface area contributed by atoms with Crippen LogP contribution in [0.15, 0.2) is 66.7 Å². The predicted molar refractivity (Wildman–Crippen MR) is 114 cm³/mol. The SMILES string of the molecule is O=C(CC1CCCCN1Cc1ccccc1)c1ccc(F)cc1.O=C(O)/C=C\C(=O)O. The molecule has 1 fully saturated rings. The molecule has 1 aliphatic rings. The number of Topliss-reactive ketones (excluding diaryl/α,β-unsaturated/α-hetero) is 1. The molecular formula is C24H26FNO5. The Morgan fingerprint density at radius 3 is 2.13 bits per heavy atom. The second-order valence-corrected chi connectivity index (χ2v) is 7.25. The van der Waals surface area contributed by atoms with E-state index in [9.17, 15) is 18.8 Å². The van der Waals surface area contributed by atoms with E-state index in [0.717, 1.165) is 19.5 Å². The summed E-state index contributed by atoms with van der Waals surface area (Å²) in [4.78, 5) is 34.0. The number of hydrogen-bond acceptors (Lipinski definition) is 4. The van der Waals surface area contributed by atoms with Gasteiger partial charge in [0.2, 0.25) is 0 Å². The Bertz CT molecular complexity index is 880. The minimum Gasteiger partial charge on any atom is -0.478 e. The topological polar surface area (TPSA) is 94.9 Å². The van der Waals surface area contributed by atoms with Crippen LogP contribution in [0.5, 0.6) is 0 Å². The largest absolute Gasteiger partial charge is 0.478 e. The molecule has 1 saturated heterocycles. The molecule has 2 aromatic rings. The standard InChI is InChI=1S/C20H22FNO.C4H4O4/c21-18-11-9-17(10-12-18)20(23)14-19-8-4-5-13-22(19)15-16-6-2-1-3-7-16;5-3(6)1-2-4(7)8/h1-3,6-7,9-12,19H,4-5,8,13-15H2;1-2H,(H,5,6)(H,7,8)/b;2-1-. The summed E-state index contributed by atoms with van der Waals surface area (Å²) in [5.74, 6) is -2.71. The van der Waals surface area contributed by atoms with Crippen molar-refractivity contribution >= 4 is 17.7 Å². The van der Waals surface area contributed by atoms with E-state index in [1.807, 2.05) is 6.07 Å². The minimum absolute atomic E-state index is 0.106. The fourth-order valence-electron chi connectivity index (χ4n) is 3.43. The lowest BCUT2D eigenvalue weighted by Gasteiger charge is -2.35. The molecule has 1 heterocycles. The van der Waals surface area contributed by atoms with Crippen LogP contribution in [0.2, 0.25) is 0 Å². The molecule has 2 aromatic carbocycles. The number of carboxylic acids is 2. The monoisotopic (exact) mass is 427 g/mol. The Hall–Kier alpha value is -3.32. The first-order valence-corrected chi connectivity index (χ1v) is 10.1. The summed E-state index contributed by atoms with van der Waals surface area (Å²) < 4.78 is 13.0. The summed E-state index contributed by atoms with van der Waals surface area (Å²) >= 11 is 0. The molecule has 7 heteroatoms. The van der Waals surface area contributed by atoms with Crippen LogP contribution >= 0.6 is 0 Å². The van der Waals surface area contributed by atoms with Crippen molar-refractivity contribution in [3.63, 3.8) is 0 Å². The van der Waals surface area contributed by atoms with Crippen LogP contribution in [-0.4, -0.2) is 45.4 Å². The van der Waals surface area contributed by atoms with Crippen LogP contribution in [0.4, 0.5) is 4.39 Å². The van der Waals surface area contributed by atoms with Gasteiger partial charge in [0.15, 0.2) is 5.78 Å². The van der Waals surface area contributed by atoms with Crippen LogP contribution in [0, 0.1) is 5.82 Å². The first kappa shape index (κ1) is 24.0. The number of piperidine rings is 1. The van der Waals surface area contributed by atoms with Gasteiger partial charge in [0.05, 0.1) is 0 Å². The number of rotatable bonds is 7. The lowest BCUT2D eigenvalue weighted by molar-refractivity contribution is -0.134. The lowest BCUT2D eigenvalue weighted by atomic mass is 9.94. The van der Waals surface area contributed by atoms with Gasteiger partial charge in [0.1, 0.15) is 5.82 Å². The predicted octanol–water partition coefficient (Wildman–Crippen LogP) is 4.17. The first-order valence-electron chi connectivity index (χ1n) is 10.1. The van der Waals surface area contributed by atoms with Gasteiger partial charge in [-0.05, 0) is 49.2 Å². The molecule has 0 saturated carbocycles. The number of halogens is 1. The van der Waals surface area contributed by atoms with Crippen LogP contribution in [-0.2, 0) is 16.1 Å². The van der Waals surface area contributed by atoms with E-state index in [0.29, 0.717) is 24.1 Å². The van der Waals surface area contributed by atoms with E-state index < -0.39 is 11.9 Å². The van der Waals surface area contributed by atoms with Crippen molar-refractivity contribution in [2.45, 2.75) is 38.3 Å². The smallest absolute Gasteiger partial charge is 0.328 e. The average Bonchev–Trinajstić information content (AvgIpc) is 2.75. The summed E-state index contributed by atoms with van der Waals surface area (Å²) in [5.41, 5.74) is 1.89. The van der Waals surface area contributed by atoms with Crippen molar-refractivity contribution in [1.29, 1.82) is 0 Å². The van der Waals surface area contributed by atoms with Crippen LogP contribution in [0.1, 0.15) is 41.6 Å². The first-order chi connectivity index (χ1) is 14.8. The number of carbonyl (C=O) groups is 3. The normalized spacial score (nSPS) is 16.4. The van der Waals surface area contributed by atoms with Crippen LogP contribution in [0.3, 0.4) is 0 Å². The van der Waals surface area contributed by atoms with Crippen LogP contribution < -0.4 is 0 Å². The van der Waals surface area contributed by atoms with Gasteiger partial charge in [-0.2, -0.15) is 0 Å². The molecule has 0 amide bonds. The highest BCUT2D eigenvalue weighted by atomic mass is 19.1. The second-order valence-electron chi connectivity index (χ2n) is 7.25. The van der Waals surface area contributed by atoms with E-state index in [1.54, 1.807) is 12.1 Å². The molecule has 0 aromatic heterocycles. The van der Waals surface area contributed by atoms with Gasteiger partial charge >= 0.3 is 11.9 Å². The third-order valence-corrected chi connectivity index (χ3v) is 4.93. The Balaban J connectivity index is 0.000000366. The molecule has 6 nitrogen and oxygen atoms in total. The number of carboxylic acid groups (broad SMARTS) is 2. The maximum atomic E-state index is 13.0.